The van der Waals surface area contributed by atoms with Crippen molar-refractivity contribution in [1.29, 1.82) is 0 Å². The van der Waals surface area contributed by atoms with Crippen molar-refractivity contribution in [3.63, 3.8) is 0 Å². The molecule has 0 amide bonds. The maximum absolute atomic E-state index is 11.9. The van der Waals surface area contributed by atoms with E-state index >= 15 is 0 Å². The molecule has 0 aliphatic rings. The topological polar surface area (TPSA) is 85.0 Å². The average molecular weight is 435 g/mol. The predicted molar refractivity (Wildman–Crippen MR) is 111 cm³/mol. The molecule has 27 heavy (non-hydrogen) atoms. The minimum atomic E-state index is -3.93. The molecule has 9 heteroatoms. The molecule has 2 aromatic carbocycles. The molecule has 150 valence electrons. The van der Waals surface area contributed by atoms with Gasteiger partial charge in [0.25, 0.3) is 0 Å². The highest BCUT2D eigenvalue weighted by atomic mass is 35.5. The van der Waals surface area contributed by atoms with E-state index in [9.17, 15) is 9.46 Å². The van der Waals surface area contributed by atoms with Gasteiger partial charge in [-0.1, -0.05) is 24.3 Å². The second kappa shape index (κ2) is 9.46. The van der Waals surface area contributed by atoms with E-state index in [1.165, 1.54) is 4.67 Å². The summed E-state index contributed by atoms with van der Waals surface area (Å²) in [5, 5.41) is 1.40. The van der Waals surface area contributed by atoms with Gasteiger partial charge in [-0.2, -0.15) is 0 Å². The number of methoxy groups -OCH3 is 2. The Morgan fingerprint density at radius 2 is 1.78 bits per heavy atom. The molecule has 2 unspecified atom stereocenters. The molecule has 6 nitrogen and oxygen atoms in total. The number of nitrogens with two attached hydrogens (primary N) is 1. The van der Waals surface area contributed by atoms with Crippen molar-refractivity contribution in [1.82, 2.24) is 4.67 Å². The van der Waals surface area contributed by atoms with Crippen molar-refractivity contribution < 1.29 is 18.9 Å². The van der Waals surface area contributed by atoms with Crippen LogP contribution in [-0.2, 0) is 11.0 Å². The first-order valence-electron chi connectivity index (χ1n) is 8.43. The zero-order valence-corrected chi connectivity index (χ0v) is 18.0. The van der Waals surface area contributed by atoms with Crippen LogP contribution >= 0.6 is 30.9 Å². The van der Waals surface area contributed by atoms with Crippen molar-refractivity contribution in [2.24, 2.45) is 5.50 Å². The van der Waals surface area contributed by atoms with Gasteiger partial charge in [0.2, 0.25) is 0 Å². The van der Waals surface area contributed by atoms with Crippen molar-refractivity contribution in [2.45, 2.75) is 18.7 Å². The third kappa shape index (κ3) is 5.08. The van der Waals surface area contributed by atoms with Gasteiger partial charge < -0.3 is 14.4 Å². The molecule has 3 N–H and O–H groups in total. The summed E-state index contributed by atoms with van der Waals surface area (Å²) < 4.78 is 24.4. The predicted octanol–water partition coefficient (Wildman–Crippen LogP) is 3.92. The van der Waals surface area contributed by atoms with Crippen LogP contribution in [0.15, 0.2) is 24.3 Å². The molecule has 2 aromatic rings. The molecule has 0 aliphatic heterocycles. The van der Waals surface area contributed by atoms with Gasteiger partial charge in [-0.25, -0.2) is 10.2 Å². The van der Waals surface area contributed by atoms with Crippen molar-refractivity contribution in [2.75, 3.05) is 33.2 Å². The maximum Gasteiger partial charge on any atom is 0.338 e. The number of nitrogens with zero attached hydrogens (tertiary/aromatic N) is 1. The molecule has 0 radical (unpaired) electrons. The standard InChI is InChI=1S/C18H25Cl2N2O4P/c1-12-16(10-13(20)11-22(9-8-19)27(21,23)24)18(26-3)15-7-5-4-6-14(15)17(12)25-2/h4-7,13H,8-11H2,1-3H3,(H3,21,23,24). The summed E-state index contributed by atoms with van der Waals surface area (Å²) in [6, 6.07) is 7.81. The molecular weight excluding hydrogens is 410 g/mol. The van der Waals surface area contributed by atoms with Gasteiger partial charge in [-0.05, 0) is 18.9 Å². The van der Waals surface area contributed by atoms with Gasteiger partial charge in [0.15, 0.2) is 0 Å². The second-order valence-corrected chi connectivity index (χ2v) is 8.95. The Balaban J connectivity index is 2.43. The minimum absolute atomic E-state index is 0.121. The number of alkyl halides is 2. The number of fused-ring (bicyclic) bond motifs is 1. The molecule has 0 aliphatic carbocycles. The lowest BCUT2D eigenvalue weighted by molar-refractivity contribution is 0.353. The molecule has 0 saturated heterocycles. The summed E-state index contributed by atoms with van der Waals surface area (Å²) in [5.74, 6) is 1.66. The largest absolute Gasteiger partial charge is 0.496 e. The van der Waals surface area contributed by atoms with E-state index < -0.39 is 13.0 Å². The lowest BCUT2D eigenvalue weighted by atomic mass is 9.95. The Bertz CT molecular complexity index is 844. The van der Waals surface area contributed by atoms with Gasteiger partial charge in [0, 0.05) is 35.3 Å². The fourth-order valence-corrected chi connectivity index (χ4v) is 4.81. The van der Waals surface area contributed by atoms with Crippen molar-refractivity contribution in [3.05, 3.63) is 35.4 Å². The van der Waals surface area contributed by atoms with Crippen LogP contribution in [-0.4, -0.2) is 48.1 Å². The van der Waals surface area contributed by atoms with Gasteiger partial charge in [-0.15, -0.1) is 23.2 Å². The zero-order chi connectivity index (χ0) is 20.2. The average Bonchev–Trinajstić information content (AvgIpc) is 2.61. The Morgan fingerprint density at radius 1 is 1.22 bits per heavy atom. The van der Waals surface area contributed by atoms with E-state index in [0.717, 1.165) is 33.4 Å². The zero-order valence-electron chi connectivity index (χ0n) is 15.6. The number of rotatable bonds is 9. The molecule has 0 heterocycles. The SMILES string of the molecule is COc1c(C)c(CC(Cl)CN(CCCl)P(N)(=O)O)c(OC)c2ccccc12. The fourth-order valence-electron chi connectivity index (χ4n) is 3.26. The highest BCUT2D eigenvalue weighted by Gasteiger charge is 2.27. The quantitative estimate of drug-likeness (QED) is 0.459. The third-order valence-electron chi connectivity index (χ3n) is 4.47. The first kappa shape index (κ1) is 22.3. The van der Waals surface area contributed by atoms with Crippen LogP contribution in [0.3, 0.4) is 0 Å². The van der Waals surface area contributed by atoms with Crippen LogP contribution in [0.25, 0.3) is 10.8 Å². The van der Waals surface area contributed by atoms with Gasteiger partial charge in [0.1, 0.15) is 11.5 Å². The Labute approximate surface area is 169 Å². The highest BCUT2D eigenvalue weighted by Crippen LogP contribution is 2.42. The van der Waals surface area contributed by atoms with Gasteiger partial charge in [0.05, 0.1) is 19.6 Å². The van der Waals surface area contributed by atoms with E-state index in [4.69, 9.17) is 38.2 Å². The number of benzene rings is 2. The molecule has 2 atom stereocenters. The maximum atomic E-state index is 11.9. The molecule has 0 saturated carbocycles. The summed E-state index contributed by atoms with van der Waals surface area (Å²) in [4.78, 5) is 9.70. The number of ether oxygens (including phenoxy) is 2. The van der Waals surface area contributed by atoms with E-state index in [1.54, 1.807) is 14.2 Å². The van der Waals surface area contributed by atoms with Crippen LogP contribution < -0.4 is 15.0 Å². The van der Waals surface area contributed by atoms with Crippen LogP contribution in [0.5, 0.6) is 11.5 Å². The summed E-state index contributed by atoms with van der Waals surface area (Å²) in [5.41, 5.74) is 7.20. The van der Waals surface area contributed by atoms with Crippen molar-refractivity contribution >= 4 is 41.6 Å². The lowest BCUT2D eigenvalue weighted by Gasteiger charge is -2.26. The lowest BCUT2D eigenvalue weighted by Crippen LogP contribution is -2.32. The normalized spacial score (nSPS) is 15.0. The molecule has 0 aromatic heterocycles. The first-order chi connectivity index (χ1) is 12.7. The molecule has 2 rings (SSSR count). The second-order valence-electron chi connectivity index (χ2n) is 6.21. The first-order valence-corrected chi connectivity index (χ1v) is 11.1. The van der Waals surface area contributed by atoms with Crippen LogP contribution in [0.2, 0.25) is 0 Å². The van der Waals surface area contributed by atoms with Gasteiger partial charge in [-0.3, -0.25) is 4.57 Å². The Hall–Kier alpha value is -1.01. The van der Waals surface area contributed by atoms with Crippen LogP contribution in [0.1, 0.15) is 11.1 Å². The van der Waals surface area contributed by atoms with E-state index in [2.05, 4.69) is 0 Å². The van der Waals surface area contributed by atoms with Crippen LogP contribution in [0.4, 0.5) is 0 Å². The number of hydrogen-bond acceptors (Lipinski definition) is 3. The number of hydrogen-bond donors (Lipinski definition) is 2. The fraction of sp³-hybridized carbons (Fsp3) is 0.444. The smallest absolute Gasteiger partial charge is 0.338 e. The summed E-state index contributed by atoms with van der Waals surface area (Å²) in [6.07, 6.45) is 0.413. The molecular formula is C18H25Cl2N2O4P. The summed E-state index contributed by atoms with van der Waals surface area (Å²) >= 11 is 12.2. The van der Waals surface area contributed by atoms with E-state index in [1.807, 2.05) is 31.2 Å². The summed E-state index contributed by atoms with van der Waals surface area (Å²) in [6.45, 7) is 2.24. The van der Waals surface area contributed by atoms with Crippen molar-refractivity contribution in [3.8, 4) is 11.5 Å². The number of halogens is 2. The molecule has 0 bridgehead atoms. The molecule has 0 spiro atoms. The highest BCUT2D eigenvalue weighted by molar-refractivity contribution is 7.52. The monoisotopic (exact) mass is 434 g/mol. The van der Waals surface area contributed by atoms with Crippen LogP contribution in [0, 0.1) is 6.92 Å². The van der Waals surface area contributed by atoms with E-state index in [0.29, 0.717) is 6.42 Å². The summed E-state index contributed by atoms with van der Waals surface area (Å²) in [7, 11) is -0.688. The minimum Gasteiger partial charge on any atom is -0.496 e. The third-order valence-corrected chi connectivity index (χ3v) is 6.11. The Kier molecular flexibility index (Phi) is 7.81. The Morgan fingerprint density at radius 3 is 2.26 bits per heavy atom. The molecule has 0 fully saturated rings. The van der Waals surface area contributed by atoms with Gasteiger partial charge >= 0.3 is 7.67 Å². The van der Waals surface area contributed by atoms with E-state index in [-0.39, 0.29) is 19.0 Å².